The highest BCUT2D eigenvalue weighted by molar-refractivity contribution is 5.10. The van der Waals surface area contributed by atoms with E-state index in [1.165, 1.54) is 0 Å². The average Bonchev–Trinajstić information content (AvgIpc) is 2.63. The summed E-state index contributed by atoms with van der Waals surface area (Å²) in [5, 5.41) is 4.56. The third kappa shape index (κ3) is 5.43. The SMILES string of the molecule is Cc1ncc(CN2CCN(CCn3nc(C(C)(C)C)ccc3=O)CC2)cn1. The van der Waals surface area contributed by atoms with Crippen LogP contribution in [-0.4, -0.2) is 62.3 Å². The maximum atomic E-state index is 12.1. The zero-order valence-corrected chi connectivity index (χ0v) is 16.9. The van der Waals surface area contributed by atoms with Gasteiger partial charge in [-0.05, 0) is 13.0 Å². The molecule has 0 saturated carbocycles. The van der Waals surface area contributed by atoms with E-state index < -0.39 is 0 Å². The summed E-state index contributed by atoms with van der Waals surface area (Å²) < 4.78 is 1.61. The molecular formula is C20H30N6O. The van der Waals surface area contributed by atoms with Crippen LogP contribution in [0.15, 0.2) is 29.3 Å². The number of hydrogen-bond acceptors (Lipinski definition) is 6. The second-order valence-electron chi connectivity index (χ2n) is 8.29. The maximum absolute atomic E-state index is 12.1. The van der Waals surface area contributed by atoms with Gasteiger partial charge in [0.1, 0.15) is 5.82 Å². The summed E-state index contributed by atoms with van der Waals surface area (Å²) in [4.78, 5) is 25.5. The number of aromatic nitrogens is 4. The summed E-state index contributed by atoms with van der Waals surface area (Å²) in [7, 11) is 0. The molecule has 0 aromatic carbocycles. The molecule has 0 amide bonds. The van der Waals surface area contributed by atoms with Crippen LogP contribution in [-0.2, 0) is 18.5 Å². The van der Waals surface area contributed by atoms with Crippen LogP contribution in [0.3, 0.4) is 0 Å². The first-order chi connectivity index (χ1) is 12.8. The Morgan fingerprint density at radius 1 is 0.963 bits per heavy atom. The van der Waals surface area contributed by atoms with Crippen molar-refractivity contribution in [2.24, 2.45) is 0 Å². The summed E-state index contributed by atoms with van der Waals surface area (Å²) in [6.07, 6.45) is 3.82. The molecule has 0 unspecified atom stereocenters. The van der Waals surface area contributed by atoms with Crippen LogP contribution in [0.25, 0.3) is 0 Å². The van der Waals surface area contributed by atoms with Crippen LogP contribution < -0.4 is 5.56 Å². The van der Waals surface area contributed by atoms with Gasteiger partial charge in [-0.25, -0.2) is 14.6 Å². The highest BCUT2D eigenvalue weighted by Gasteiger charge is 2.19. The molecule has 7 nitrogen and oxygen atoms in total. The quantitative estimate of drug-likeness (QED) is 0.794. The lowest BCUT2D eigenvalue weighted by molar-refractivity contribution is 0.122. The number of hydrogen-bond donors (Lipinski definition) is 0. The van der Waals surface area contributed by atoms with Crippen LogP contribution >= 0.6 is 0 Å². The number of nitrogens with zero attached hydrogens (tertiary/aromatic N) is 6. The summed E-state index contributed by atoms with van der Waals surface area (Å²) in [6.45, 7) is 14.6. The molecule has 1 aliphatic heterocycles. The first kappa shape index (κ1) is 19.6. The van der Waals surface area contributed by atoms with Crippen molar-refractivity contribution in [3.8, 4) is 0 Å². The van der Waals surface area contributed by atoms with E-state index in [-0.39, 0.29) is 11.0 Å². The first-order valence-electron chi connectivity index (χ1n) is 9.62. The van der Waals surface area contributed by atoms with Gasteiger partial charge in [-0.2, -0.15) is 5.10 Å². The fourth-order valence-electron chi connectivity index (χ4n) is 3.18. The van der Waals surface area contributed by atoms with Crippen molar-refractivity contribution in [3.05, 3.63) is 52.0 Å². The monoisotopic (exact) mass is 370 g/mol. The van der Waals surface area contributed by atoms with Gasteiger partial charge >= 0.3 is 0 Å². The van der Waals surface area contributed by atoms with E-state index in [4.69, 9.17) is 0 Å². The van der Waals surface area contributed by atoms with Crippen LogP contribution in [0.2, 0.25) is 0 Å². The maximum Gasteiger partial charge on any atom is 0.266 e. The Kier molecular flexibility index (Phi) is 6.01. The minimum atomic E-state index is -0.0548. The number of rotatable bonds is 5. The fraction of sp³-hybridized carbons (Fsp3) is 0.600. The fourth-order valence-corrected chi connectivity index (χ4v) is 3.18. The second-order valence-corrected chi connectivity index (χ2v) is 8.29. The molecule has 2 aromatic rings. The lowest BCUT2D eigenvalue weighted by Crippen LogP contribution is -2.47. The van der Waals surface area contributed by atoms with Gasteiger partial charge in [0.15, 0.2) is 0 Å². The van der Waals surface area contributed by atoms with Crippen LogP contribution in [0, 0.1) is 6.92 Å². The smallest absolute Gasteiger partial charge is 0.266 e. The summed E-state index contributed by atoms with van der Waals surface area (Å²) in [5.74, 6) is 0.808. The Labute approximate surface area is 161 Å². The molecule has 0 bridgehead atoms. The highest BCUT2D eigenvalue weighted by atomic mass is 16.1. The Morgan fingerprint density at radius 2 is 1.59 bits per heavy atom. The van der Waals surface area contributed by atoms with Crippen molar-refractivity contribution in [1.29, 1.82) is 0 Å². The number of aryl methyl sites for hydroxylation is 1. The lowest BCUT2D eigenvalue weighted by atomic mass is 9.92. The van der Waals surface area contributed by atoms with Crippen molar-refractivity contribution in [3.63, 3.8) is 0 Å². The standard InChI is InChI=1S/C20H30N6O/c1-16-21-13-17(14-22-16)15-25-9-7-24(8-10-25)11-12-26-19(27)6-5-18(23-26)20(2,3)4/h5-6,13-14H,7-12,15H2,1-4H3. The molecule has 0 radical (unpaired) electrons. The Balaban J connectivity index is 1.50. The first-order valence-corrected chi connectivity index (χ1v) is 9.62. The van der Waals surface area contributed by atoms with Crippen LogP contribution in [0.4, 0.5) is 0 Å². The predicted molar refractivity (Wildman–Crippen MR) is 106 cm³/mol. The molecule has 0 aliphatic carbocycles. The molecule has 0 atom stereocenters. The van der Waals surface area contributed by atoms with E-state index in [9.17, 15) is 4.79 Å². The van der Waals surface area contributed by atoms with Gasteiger partial charge < -0.3 is 0 Å². The summed E-state index contributed by atoms with van der Waals surface area (Å²) in [5.41, 5.74) is 2.03. The topological polar surface area (TPSA) is 67.2 Å². The summed E-state index contributed by atoms with van der Waals surface area (Å²) in [6, 6.07) is 3.47. The molecular weight excluding hydrogens is 340 g/mol. The zero-order valence-electron chi connectivity index (χ0n) is 16.9. The zero-order chi connectivity index (χ0) is 19.4. The van der Waals surface area contributed by atoms with Crippen molar-refractivity contribution in [2.75, 3.05) is 32.7 Å². The van der Waals surface area contributed by atoms with Gasteiger partial charge in [0.2, 0.25) is 0 Å². The molecule has 3 rings (SSSR count). The van der Waals surface area contributed by atoms with E-state index in [2.05, 4.69) is 45.6 Å². The molecule has 1 fully saturated rings. The molecule has 27 heavy (non-hydrogen) atoms. The minimum Gasteiger partial charge on any atom is -0.299 e. The average molecular weight is 371 g/mol. The normalized spacial score (nSPS) is 16.6. The van der Waals surface area contributed by atoms with Gasteiger partial charge in [0.25, 0.3) is 5.56 Å². The van der Waals surface area contributed by atoms with E-state index >= 15 is 0 Å². The molecule has 2 aromatic heterocycles. The minimum absolute atomic E-state index is 0.0268. The van der Waals surface area contributed by atoms with Gasteiger partial charge in [-0.1, -0.05) is 20.8 Å². The summed E-state index contributed by atoms with van der Waals surface area (Å²) >= 11 is 0. The van der Waals surface area contributed by atoms with Crippen LogP contribution in [0.5, 0.6) is 0 Å². The van der Waals surface area contributed by atoms with Gasteiger partial charge in [0.05, 0.1) is 12.2 Å². The third-order valence-electron chi connectivity index (χ3n) is 4.97. The highest BCUT2D eigenvalue weighted by Crippen LogP contribution is 2.18. The van der Waals surface area contributed by atoms with E-state index in [0.717, 1.165) is 56.4 Å². The van der Waals surface area contributed by atoms with Gasteiger partial charge in [-0.15, -0.1) is 0 Å². The molecule has 0 spiro atoms. The Hall–Kier alpha value is -2.12. The Morgan fingerprint density at radius 3 is 2.22 bits per heavy atom. The molecule has 1 saturated heterocycles. The van der Waals surface area contributed by atoms with Crippen molar-refractivity contribution < 1.29 is 0 Å². The van der Waals surface area contributed by atoms with E-state index in [0.29, 0.717) is 6.54 Å². The van der Waals surface area contributed by atoms with Crippen molar-refractivity contribution in [1.82, 2.24) is 29.5 Å². The van der Waals surface area contributed by atoms with Crippen molar-refractivity contribution >= 4 is 0 Å². The van der Waals surface area contributed by atoms with Crippen molar-refractivity contribution in [2.45, 2.75) is 46.2 Å². The van der Waals surface area contributed by atoms with Crippen LogP contribution in [0.1, 0.15) is 37.9 Å². The largest absolute Gasteiger partial charge is 0.299 e. The molecule has 7 heteroatoms. The van der Waals surface area contributed by atoms with Gasteiger partial charge in [0, 0.05) is 68.7 Å². The van der Waals surface area contributed by atoms with Gasteiger partial charge in [-0.3, -0.25) is 14.6 Å². The van der Waals surface area contributed by atoms with E-state index in [1.54, 1.807) is 10.7 Å². The molecule has 0 N–H and O–H groups in total. The second kappa shape index (κ2) is 8.27. The molecule has 1 aliphatic rings. The third-order valence-corrected chi connectivity index (χ3v) is 4.97. The molecule has 3 heterocycles. The lowest BCUT2D eigenvalue weighted by Gasteiger charge is -2.34. The Bertz CT molecular complexity index is 800. The predicted octanol–water partition coefficient (Wildman–Crippen LogP) is 1.46. The van der Waals surface area contributed by atoms with E-state index in [1.807, 2.05) is 25.4 Å². The molecule has 146 valence electrons. The number of piperazine rings is 1.